The van der Waals surface area contributed by atoms with Crippen LogP contribution in [0.3, 0.4) is 0 Å². The molecule has 1 aromatic heterocycles. The van der Waals surface area contributed by atoms with E-state index in [-0.39, 0.29) is 6.61 Å². The first-order valence-electron chi connectivity index (χ1n) is 9.89. The Hall–Kier alpha value is -1.78. The van der Waals surface area contributed by atoms with Gasteiger partial charge in [-0.25, -0.2) is 0 Å². The average Bonchev–Trinajstić information content (AvgIpc) is 3.07. The van der Waals surface area contributed by atoms with Gasteiger partial charge in [0.1, 0.15) is 5.75 Å². The van der Waals surface area contributed by atoms with Gasteiger partial charge in [-0.1, -0.05) is 25.5 Å². The van der Waals surface area contributed by atoms with E-state index in [1.807, 2.05) is 0 Å². The molecule has 2 aliphatic heterocycles. The molecule has 0 unspecified atom stereocenters. The van der Waals surface area contributed by atoms with Gasteiger partial charge in [0, 0.05) is 29.7 Å². The quantitative estimate of drug-likeness (QED) is 0.814. The van der Waals surface area contributed by atoms with Gasteiger partial charge in [0.15, 0.2) is 0 Å². The molecule has 26 heavy (non-hydrogen) atoms. The number of aromatic amines is 1. The lowest BCUT2D eigenvalue weighted by Crippen LogP contribution is -2.46. The van der Waals surface area contributed by atoms with Crippen LogP contribution in [0.25, 0.3) is 10.9 Å². The van der Waals surface area contributed by atoms with Gasteiger partial charge in [0.25, 0.3) is 0 Å². The third-order valence-corrected chi connectivity index (χ3v) is 6.63. The first kappa shape index (κ1) is 17.6. The number of benzene rings is 1. The topological polar surface area (TPSA) is 48.5 Å². The largest absolute Gasteiger partial charge is 0.496 e. The smallest absolute Gasteiger partial charge is 0.128 e. The summed E-state index contributed by atoms with van der Waals surface area (Å²) in [6.07, 6.45) is 5.45. The van der Waals surface area contributed by atoms with Crippen LogP contribution in [0.4, 0.5) is 0 Å². The lowest BCUT2D eigenvalue weighted by molar-refractivity contribution is 0.0596. The van der Waals surface area contributed by atoms with Gasteiger partial charge in [-0.05, 0) is 54.9 Å². The van der Waals surface area contributed by atoms with Crippen molar-refractivity contribution in [2.75, 3.05) is 26.8 Å². The van der Waals surface area contributed by atoms with Gasteiger partial charge in [0.2, 0.25) is 0 Å². The second kappa shape index (κ2) is 7.09. The van der Waals surface area contributed by atoms with E-state index in [9.17, 15) is 5.11 Å². The van der Waals surface area contributed by atoms with Gasteiger partial charge in [-0.2, -0.15) is 0 Å². The summed E-state index contributed by atoms with van der Waals surface area (Å²) < 4.78 is 5.64. The Morgan fingerprint density at radius 3 is 2.96 bits per heavy atom. The summed E-state index contributed by atoms with van der Waals surface area (Å²) in [6.45, 7) is 6.75. The van der Waals surface area contributed by atoms with Crippen molar-refractivity contribution in [3.8, 4) is 5.75 Å². The standard InChI is InChI=1S/C22H30N2O2/c1-4-14-12-24-10-9-16-21-18(7-6-8-20(21)26-3)23-22(16)19(24)11-17(14)15(5-2)13-25/h5-8,14,17,19,23,25H,4,9-13H2,1-3H3/b15-5-/t14-,17+,19+/m1/s1. The average molecular weight is 354 g/mol. The molecule has 2 N–H and O–H groups in total. The normalized spacial score (nSPS) is 26.6. The predicted molar refractivity (Wildman–Crippen MR) is 106 cm³/mol. The van der Waals surface area contributed by atoms with Gasteiger partial charge in [-0.15, -0.1) is 0 Å². The lowest BCUT2D eigenvalue weighted by atomic mass is 9.74. The molecule has 140 valence electrons. The van der Waals surface area contributed by atoms with Crippen LogP contribution in [0, 0.1) is 11.8 Å². The highest BCUT2D eigenvalue weighted by Gasteiger charge is 2.40. The first-order chi connectivity index (χ1) is 12.7. The number of methoxy groups -OCH3 is 1. The molecule has 3 atom stereocenters. The van der Waals surface area contributed by atoms with Crippen molar-refractivity contribution in [2.24, 2.45) is 11.8 Å². The molecule has 1 aromatic carbocycles. The number of hydrogen-bond donors (Lipinski definition) is 2. The SMILES string of the molecule is C/C=C(/CO)[C@H]1C[C@H]2c3[nH]c4cccc(OC)c4c3CCN2C[C@H]1CC. The van der Waals surface area contributed by atoms with Gasteiger partial charge >= 0.3 is 0 Å². The zero-order chi connectivity index (χ0) is 18.3. The number of nitrogens with zero attached hydrogens (tertiary/aromatic N) is 1. The highest BCUT2D eigenvalue weighted by Crippen LogP contribution is 2.46. The Balaban J connectivity index is 1.77. The number of rotatable bonds is 4. The molecule has 3 heterocycles. The summed E-state index contributed by atoms with van der Waals surface area (Å²) in [5.74, 6) is 2.07. The van der Waals surface area contributed by atoms with Crippen LogP contribution >= 0.6 is 0 Å². The number of hydrogen-bond acceptors (Lipinski definition) is 3. The first-order valence-corrected chi connectivity index (χ1v) is 9.89. The molecule has 0 bridgehead atoms. The maximum atomic E-state index is 9.86. The van der Waals surface area contributed by atoms with Crippen molar-refractivity contribution >= 4 is 10.9 Å². The number of aromatic nitrogens is 1. The van der Waals surface area contributed by atoms with Crippen LogP contribution in [0.15, 0.2) is 29.8 Å². The van der Waals surface area contributed by atoms with Crippen molar-refractivity contribution in [1.29, 1.82) is 0 Å². The molecule has 4 rings (SSSR count). The molecule has 0 aliphatic carbocycles. The Labute approximate surface area is 155 Å². The molecule has 0 saturated carbocycles. The lowest BCUT2D eigenvalue weighted by Gasteiger charge is -2.47. The Bertz CT molecular complexity index is 823. The van der Waals surface area contributed by atoms with Crippen LogP contribution in [0.2, 0.25) is 0 Å². The number of piperidine rings is 1. The van der Waals surface area contributed by atoms with Crippen LogP contribution in [0.5, 0.6) is 5.75 Å². The fourth-order valence-corrected chi connectivity index (χ4v) is 5.25. The molecule has 4 nitrogen and oxygen atoms in total. The summed E-state index contributed by atoms with van der Waals surface area (Å²) in [4.78, 5) is 6.37. The minimum atomic E-state index is 0.178. The Morgan fingerprint density at radius 1 is 1.42 bits per heavy atom. The van der Waals surface area contributed by atoms with E-state index in [0.717, 1.165) is 31.7 Å². The minimum absolute atomic E-state index is 0.178. The highest BCUT2D eigenvalue weighted by molar-refractivity contribution is 5.91. The molecule has 0 radical (unpaired) electrons. The monoisotopic (exact) mass is 354 g/mol. The van der Waals surface area contributed by atoms with E-state index in [1.165, 1.54) is 34.2 Å². The summed E-state index contributed by atoms with van der Waals surface area (Å²) in [5.41, 5.74) is 5.18. The fourth-order valence-electron chi connectivity index (χ4n) is 5.25. The van der Waals surface area contributed by atoms with E-state index in [0.29, 0.717) is 17.9 Å². The minimum Gasteiger partial charge on any atom is -0.496 e. The predicted octanol–water partition coefficient (Wildman–Crippen LogP) is 4.06. The third-order valence-electron chi connectivity index (χ3n) is 6.63. The molecule has 2 aromatic rings. The number of H-pyrrole nitrogens is 1. The van der Waals surface area contributed by atoms with Crippen molar-refractivity contribution in [2.45, 2.75) is 39.2 Å². The zero-order valence-corrected chi connectivity index (χ0v) is 16.1. The molecule has 0 spiro atoms. The number of ether oxygens (including phenoxy) is 1. The number of fused-ring (bicyclic) bond motifs is 5. The molecule has 2 aliphatic rings. The van der Waals surface area contributed by atoms with E-state index in [2.05, 4.69) is 48.0 Å². The number of allylic oxidation sites excluding steroid dienone is 1. The Morgan fingerprint density at radius 2 is 2.27 bits per heavy atom. The molecular formula is C22H30N2O2. The second-order valence-electron chi connectivity index (χ2n) is 7.69. The van der Waals surface area contributed by atoms with Crippen molar-refractivity contribution < 1.29 is 9.84 Å². The highest BCUT2D eigenvalue weighted by atomic mass is 16.5. The van der Waals surface area contributed by atoms with Crippen molar-refractivity contribution in [3.05, 3.63) is 41.1 Å². The van der Waals surface area contributed by atoms with E-state index in [1.54, 1.807) is 7.11 Å². The third kappa shape index (κ3) is 2.67. The van der Waals surface area contributed by atoms with E-state index in [4.69, 9.17) is 4.74 Å². The maximum absolute atomic E-state index is 9.86. The summed E-state index contributed by atoms with van der Waals surface area (Å²) >= 11 is 0. The molecule has 0 amide bonds. The van der Waals surface area contributed by atoms with Gasteiger partial charge < -0.3 is 14.8 Å². The molecular weight excluding hydrogens is 324 g/mol. The Kier molecular flexibility index (Phi) is 4.80. The molecule has 1 saturated heterocycles. The second-order valence-corrected chi connectivity index (χ2v) is 7.69. The molecule has 4 heteroatoms. The summed E-state index contributed by atoms with van der Waals surface area (Å²) in [7, 11) is 1.76. The van der Waals surface area contributed by atoms with Crippen LogP contribution < -0.4 is 4.74 Å². The molecule has 1 fully saturated rings. The summed E-state index contributed by atoms with van der Waals surface area (Å²) in [5, 5.41) is 11.1. The number of aliphatic hydroxyl groups is 1. The summed E-state index contributed by atoms with van der Waals surface area (Å²) in [6, 6.07) is 6.68. The van der Waals surface area contributed by atoms with Gasteiger partial charge in [-0.3, -0.25) is 4.90 Å². The zero-order valence-electron chi connectivity index (χ0n) is 16.1. The number of aliphatic hydroxyl groups excluding tert-OH is 1. The van der Waals surface area contributed by atoms with Crippen LogP contribution in [-0.4, -0.2) is 41.8 Å². The van der Waals surface area contributed by atoms with Crippen molar-refractivity contribution in [3.63, 3.8) is 0 Å². The van der Waals surface area contributed by atoms with Crippen molar-refractivity contribution in [1.82, 2.24) is 9.88 Å². The number of nitrogens with one attached hydrogen (secondary N) is 1. The van der Waals surface area contributed by atoms with E-state index >= 15 is 0 Å². The van der Waals surface area contributed by atoms with Gasteiger partial charge in [0.05, 0.1) is 19.8 Å². The fraction of sp³-hybridized carbons (Fsp3) is 0.545. The van der Waals surface area contributed by atoms with Crippen LogP contribution in [-0.2, 0) is 6.42 Å². The maximum Gasteiger partial charge on any atom is 0.128 e. The van der Waals surface area contributed by atoms with Crippen LogP contribution in [0.1, 0.15) is 44.0 Å². The van der Waals surface area contributed by atoms with E-state index < -0.39 is 0 Å².